The van der Waals surface area contributed by atoms with Gasteiger partial charge in [-0.3, -0.25) is 0 Å². The summed E-state index contributed by atoms with van der Waals surface area (Å²) < 4.78 is 14.1. The monoisotopic (exact) mass is 289 g/mol. The summed E-state index contributed by atoms with van der Waals surface area (Å²) in [6.07, 6.45) is 0. The van der Waals surface area contributed by atoms with Crippen molar-refractivity contribution in [3.63, 3.8) is 0 Å². The first-order valence-corrected chi connectivity index (χ1v) is 7.62. The van der Waals surface area contributed by atoms with E-state index >= 15 is 0 Å². The van der Waals surface area contributed by atoms with Gasteiger partial charge in [0.1, 0.15) is 5.82 Å². The molecule has 0 radical (unpaired) electrons. The molecule has 20 heavy (non-hydrogen) atoms. The Morgan fingerprint density at radius 2 is 1.80 bits per heavy atom. The molecular formula is C17H20FNS. The van der Waals surface area contributed by atoms with Crippen LogP contribution >= 0.6 is 11.8 Å². The molecule has 0 aromatic heterocycles. The average Bonchev–Trinajstić information content (AvgIpc) is 2.41. The smallest absolute Gasteiger partial charge is 0.137 e. The molecule has 0 bridgehead atoms. The van der Waals surface area contributed by atoms with Crippen molar-refractivity contribution in [1.82, 2.24) is 5.32 Å². The zero-order valence-corrected chi connectivity index (χ0v) is 12.9. The van der Waals surface area contributed by atoms with Gasteiger partial charge in [0.05, 0.1) is 0 Å². The van der Waals surface area contributed by atoms with Crippen LogP contribution in [0, 0.1) is 12.7 Å². The fourth-order valence-corrected chi connectivity index (χ4v) is 2.61. The molecule has 2 aromatic carbocycles. The third-order valence-corrected chi connectivity index (χ3v) is 4.02. The molecule has 0 saturated heterocycles. The van der Waals surface area contributed by atoms with Gasteiger partial charge in [0.2, 0.25) is 0 Å². The van der Waals surface area contributed by atoms with E-state index in [1.807, 2.05) is 43.3 Å². The van der Waals surface area contributed by atoms with E-state index in [1.165, 1.54) is 17.3 Å². The molecule has 0 saturated carbocycles. The first-order chi connectivity index (χ1) is 9.54. The van der Waals surface area contributed by atoms with Gasteiger partial charge in [-0.05, 0) is 36.8 Å². The maximum Gasteiger partial charge on any atom is 0.137 e. The van der Waals surface area contributed by atoms with Gasteiger partial charge in [-0.15, -0.1) is 0 Å². The third-order valence-electron chi connectivity index (χ3n) is 2.96. The van der Waals surface area contributed by atoms with Crippen LogP contribution in [0.25, 0.3) is 0 Å². The summed E-state index contributed by atoms with van der Waals surface area (Å²) in [5.74, 6) is -0.154. The maximum atomic E-state index is 14.1. The van der Waals surface area contributed by atoms with Crippen molar-refractivity contribution in [2.45, 2.75) is 43.1 Å². The van der Waals surface area contributed by atoms with Gasteiger partial charge in [0, 0.05) is 22.4 Å². The molecule has 1 N–H and O–H groups in total. The van der Waals surface area contributed by atoms with Crippen LogP contribution in [0.4, 0.5) is 4.39 Å². The SMILES string of the molecule is Cc1ccc(Sc2ccc(CNC(C)C)cc2F)cc1. The number of rotatable bonds is 5. The second-order valence-corrected chi connectivity index (χ2v) is 6.33. The summed E-state index contributed by atoms with van der Waals surface area (Å²) in [6, 6.07) is 14.0. The zero-order valence-electron chi connectivity index (χ0n) is 12.1. The lowest BCUT2D eigenvalue weighted by Gasteiger charge is -2.09. The summed E-state index contributed by atoms with van der Waals surface area (Å²) >= 11 is 1.46. The fourth-order valence-electron chi connectivity index (χ4n) is 1.79. The van der Waals surface area contributed by atoms with Gasteiger partial charge in [-0.1, -0.05) is 49.4 Å². The number of nitrogens with one attached hydrogen (secondary N) is 1. The lowest BCUT2D eigenvalue weighted by molar-refractivity contribution is 0.574. The van der Waals surface area contributed by atoms with E-state index in [1.54, 1.807) is 6.07 Å². The Bertz CT molecular complexity index is 564. The Hall–Kier alpha value is -1.32. The van der Waals surface area contributed by atoms with Gasteiger partial charge in [-0.25, -0.2) is 4.39 Å². The van der Waals surface area contributed by atoms with E-state index < -0.39 is 0 Å². The van der Waals surface area contributed by atoms with Crippen molar-refractivity contribution in [2.75, 3.05) is 0 Å². The van der Waals surface area contributed by atoms with Crippen LogP contribution in [0.15, 0.2) is 52.3 Å². The molecule has 0 heterocycles. The number of hydrogen-bond donors (Lipinski definition) is 1. The number of benzene rings is 2. The van der Waals surface area contributed by atoms with E-state index in [0.29, 0.717) is 17.5 Å². The number of aryl methyl sites for hydroxylation is 1. The minimum absolute atomic E-state index is 0.154. The highest BCUT2D eigenvalue weighted by molar-refractivity contribution is 7.99. The molecule has 0 aliphatic carbocycles. The first-order valence-electron chi connectivity index (χ1n) is 6.81. The van der Waals surface area contributed by atoms with E-state index in [0.717, 1.165) is 10.5 Å². The largest absolute Gasteiger partial charge is 0.310 e. The van der Waals surface area contributed by atoms with Crippen LogP contribution in [-0.2, 0) is 6.54 Å². The minimum atomic E-state index is -0.154. The molecule has 0 atom stereocenters. The van der Waals surface area contributed by atoms with Crippen molar-refractivity contribution < 1.29 is 4.39 Å². The van der Waals surface area contributed by atoms with Crippen LogP contribution in [0.1, 0.15) is 25.0 Å². The van der Waals surface area contributed by atoms with Crippen molar-refractivity contribution in [2.24, 2.45) is 0 Å². The second-order valence-electron chi connectivity index (χ2n) is 5.22. The number of hydrogen-bond acceptors (Lipinski definition) is 2. The normalized spacial score (nSPS) is 11.1. The van der Waals surface area contributed by atoms with Crippen LogP contribution in [-0.4, -0.2) is 6.04 Å². The zero-order chi connectivity index (χ0) is 14.5. The molecule has 0 unspecified atom stereocenters. The molecule has 106 valence electrons. The van der Waals surface area contributed by atoms with Crippen LogP contribution in [0.5, 0.6) is 0 Å². The van der Waals surface area contributed by atoms with Crippen molar-refractivity contribution in [3.8, 4) is 0 Å². The Kier molecular flexibility index (Phi) is 5.21. The average molecular weight is 289 g/mol. The van der Waals surface area contributed by atoms with Gasteiger partial charge in [0.15, 0.2) is 0 Å². The standard InChI is InChI=1S/C17H20FNS/c1-12(2)19-11-14-6-9-17(16(18)10-14)20-15-7-4-13(3)5-8-15/h4-10,12,19H,11H2,1-3H3. The molecule has 0 spiro atoms. The van der Waals surface area contributed by atoms with Crippen LogP contribution < -0.4 is 5.32 Å². The number of halogens is 1. The summed E-state index contributed by atoms with van der Waals surface area (Å²) in [4.78, 5) is 1.73. The third kappa shape index (κ3) is 4.36. The highest BCUT2D eigenvalue weighted by Gasteiger charge is 2.06. The van der Waals surface area contributed by atoms with E-state index in [-0.39, 0.29) is 5.82 Å². The van der Waals surface area contributed by atoms with Crippen molar-refractivity contribution in [1.29, 1.82) is 0 Å². The molecule has 3 heteroatoms. The predicted molar refractivity (Wildman–Crippen MR) is 83.7 cm³/mol. The van der Waals surface area contributed by atoms with Crippen molar-refractivity contribution in [3.05, 3.63) is 59.4 Å². The predicted octanol–water partition coefficient (Wildman–Crippen LogP) is 4.78. The lowest BCUT2D eigenvalue weighted by atomic mass is 10.2. The highest BCUT2D eigenvalue weighted by Crippen LogP contribution is 2.30. The summed E-state index contributed by atoms with van der Waals surface area (Å²) in [5.41, 5.74) is 2.19. The molecule has 0 amide bonds. The Morgan fingerprint density at radius 3 is 2.40 bits per heavy atom. The summed E-state index contributed by atoms with van der Waals surface area (Å²) in [7, 11) is 0. The second kappa shape index (κ2) is 6.91. The molecule has 0 aliphatic heterocycles. The minimum Gasteiger partial charge on any atom is -0.310 e. The van der Waals surface area contributed by atoms with Crippen LogP contribution in [0.3, 0.4) is 0 Å². The van der Waals surface area contributed by atoms with Gasteiger partial charge < -0.3 is 5.32 Å². The molecule has 0 aliphatic rings. The Balaban J connectivity index is 2.07. The van der Waals surface area contributed by atoms with Crippen LogP contribution in [0.2, 0.25) is 0 Å². The molecule has 1 nitrogen and oxygen atoms in total. The quantitative estimate of drug-likeness (QED) is 0.850. The van der Waals surface area contributed by atoms with Gasteiger partial charge >= 0.3 is 0 Å². The van der Waals surface area contributed by atoms with E-state index in [2.05, 4.69) is 19.2 Å². The molecular weight excluding hydrogens is 269 g/mol. The van der Waals surface area contributed by atoms with E-state index in [9.17, 15) is 4.39 Å². The molecule has 0 fully saturated rings. The summed E-state index contributed by atoms with van der Waals surface area (Å²) in [5, 5.41) is 3.29. The Labute approximate surface area is 124 Å². The fraction of sp³-hybridized carbons (Fsp3) is 0.294. The molecule has 2 aromatic rings. The first kappa shape index (κ1) is 15.1. The molecule has 2 rings (SSSR count). The Morgan fingerprint density at radius 1 is 1.10 bits per heavy atom. The van der Waals surface area contributed by atoms with Gasteiger partial charge in [0.25, 0.3) is 0 Å². The van der Waals surface area contributed by atoms with E-state index in [4.69, 9.17) is 0 Å². The van der Waals surface area contributed by atoms with Crippen molar-refractivity contribution >= 4 is 11.8 Å². The summed E-state index contributed by atoms with van der Waals surface area (Å²) in [6.45, 7) is 6.91. The lowest BCUT2D eigenvalue weighted by Crippen LogP contribution is -2.21. The topological polar surface area (TPSA) is 12.0 Å². The maximum absolute atomic E-state index is 14.1. The van der Waals surface area contributed by atoms with Gasteiger partial charge in [-0.2, -0.15) is 0 Å². The highest BCUT2D eigenvalue weighted by atomic mass is 32.2.